The third kappa shape index (κ3) is 6.61. The average Bonchev–Trinajstić information content (AvgIpc) is 3.11. The zero-order chi connectivity index (χ0) is 25.8. The number of aryl methyl sites for hydroxylation is 2. The number of hydrogen-bond donors (Lipinski definition) is 2. The molecule has 3 rings (SSSR count). The molecule has 0 fully saturated rings. The van der Waals surface area contributed by atoms with Gasteiger partial charge in [0.1, 0.15) is 24.1 Å². The van der Waals surface area contributed by atoms with Gasteiger partial charge in [0.25, 0.3) is 0 Å². The van der Waals surface area contributed by atoms with Crippen molar-refractivity contribution in [3.05, 3.63) is 59.9 Å². The lowest BCUT2D eigenvalue weighted by molar-refractivity contribution is -0.160. The van der Waals surface area contributed by atoms with Crippen LogP contribution in [0, 0.1) is 6.92 Å². The summed E-state index contributed by atoms with van der Waals surface area (Å²) in [6.07, 6.45) is -0.447. The SMILES string of the molecule is Cc1nc2cccc(B(O)O)c2n1CCC(C(=O)OC(C)(C)C)N(C)C(=O)OCc1ccccc1. The molecule has 2 aromatic carbocycles. The van der Waals surface area contributed by atoms with Crippen LogP contribution in [0.2, 0.25) is 0 Å². The van der Waals surface area contributed by atoms with E-state index in [-0.39, 0.29) is 19.6 Å². The van der Waals surface area contributed by atoms with Crippen LogP contribution in [-0.2, 0) is 27.4 Å². The van der Waals surface area contributed by atoms with Gasteiger partial charge in [0.05, 0.1) is 11.0 Å². The molecule has 1 atom stereocenters. The van der Waals surface area contributed by atoms with Gasteiger partial charge in [0.2, 0.25) is 0 Å². The van der Waals surface area contributed by atoms with Gasteiger partial charge in [-0.25, -0.2) is 14.6 Å². The summed E-state index contributed by atoms with van der Waals surface area (Å²) >= 11 is 0. The summed E-state index contributed by atoms with van der Waals surface area (Å²) in [6.45, 7) is 7.45. The molecular weight excluding hydrogens is 449 g/mol. The van der Waals surface area contributed by atoms with E-state index in [2.05, 4.69) is 4.98 Å². The van der Waals surface area contributed by atoms with Crippen LogP contribution in [0.25, 0.3) is 11.0 Å². The lowest BCUT2D eigenvalue weighted by atomic mass is 9.79. The molecule has 0 saturated carbocycles. The standard InChI is InChI=1S/C25H32BN3O6/c1-17-27-20-13-9-12-19(26(32)33)22(20)29(17)15-14-21(23(30)35-25(2,3)4)28(5)24(31)34-16-18-10-7-6-8-11-18/h6-13,21,32-33H,14-16H2,1-5H3. The van der Waals surface area contributed by atoms with Crippen LogP contribution in [0.5, 0.6) is 0 Å². The molecule has 1 heterocycles. The van der Waals surface area contributed by atoms with Crippen LogP contribution < -0.4 is 5.46 Å². The number of hydrogen-bond acceptors (Lipinski definition) is 7. The summed E-state index contributed by atoms with van der Waals surface area (Å²) in [7, 11) is -0.171. The van der Waals surface area contributed by atoms with Gasteiger partial charge in [-0.1, -0.05) is 42.5 Å². The van der Waals surface area contributed by atoms with Crippen LogP contribution in [0.15, 0.2) is 48.5 Å². The van der Waals surface area contributed by atoms with Crippen molar-refractivity contribution in [3.8, 4) is 0 Å². The number of amides is 1. The van der Waals surface area contributed by atoms with Gasteiger partial charge in [0.15, 0.2) is 0 Å². The number of para-hydroxylation sites is 1. The minimum Gasteiger partial charge on any atom is -0.458 e. The molecule has 1 aromatic heterocycles. The van der Waals surface area contributed by atoms with Gasteiger partial charge in [-0.05, 0) is 45.7 Å². The molecule has 10 heteroatoms. The molecule has 186 valence electrons. The first-order chi connectivity index (χ1) is 16.5. The number of likely N-dealkylation sites (N-methyl/N-ethyl adjacent to an activating group) is 1. The summed E-state index contributed by atoms with van der Waals surface area (Å²) in [5.41, 5.74) is 1.58. The Bertz CT molecular complexity index is 1170. The predicted molar refractivity (Wildman–Crippen MR) is 133 cm³/mol. The monoisotopic (exact) mass is 481 g/mol. The number of nitrogens with zero attached hydrogens (tertiary/aromatic N) is 3. The molecular formula is C25H32BN3O6. The van der Waals surface area contributed by atoms with Gasteiger partial charge in [0, 0.05) is 19.1 Å². The van der Waals surface area contributed by atoms with E-state index in [1.807, 2.05) is 34.9 Å². The smallest absolute Gasteiger partial charge is 0.458 e. The number of rotatable bonds is 8. The van der Waals surface area contributed by atoms with Crippen molar-refractivity contribution >= 4 is 35.7 Å². The third-order valence-electron chi connectivity index (χ3n) is 5.53. The molecule has 0 aliphatic carbocycles. The van der Waals surface area contributed by atoms with Crippen LogP contribution in [-0.4, -0.2) is 62.4 Å². The summed E-state index contributed by atoms with van der Waals surface area (Å²) in [4.78, 5) is 31.7. The zero-order valence-corrected chi connectivity index (χ0v) is 20.8. The first-order valence-electron chi connectivity index (χ1n) is 11.5. The van der Waals surface area contributed by atoms with E-state index in [0.717, 1.165) is 5.56 Å². The average molecular weight is 481 g/mol. The molecule has 0 aliphatic rings. The molecule has 0 aliphatic heterocycles. The molecule has 1 amide bonds. The summed E-state index contributed by atoms with van der Waals surface area (Å²) < 4.78 is 12.8. The molecule has 9 nitrogen and oxygen atoms in total. The third-order valence-corrected chi connectivity index (χ3v) is 5.53. The number of benzene rings is 2. The van der Waals surface area contributed by atoms with Crippen molar-refractivity contribution < 1.29 is 29.1 Å². The highest BCUT2D eigenvalue weighted by Gasteiger charge is 2.32. The van der Waals surface area contributed by atoms with E-state index in [1.54, 1.807) is 45.9 Å². The second-order valence-corrected chi connectivity index (χ2v) is 9.39. The molecule has 1 unspecified atom stereocenters. The van der Waals surface area contributed by atoms with E-state index in [4.69, 9.17) is 9.47 Å². The second kappa shape index (κ2) is 10.9. The van der Waals surface area contributed by atoms with Gasteiger partial charge in [-0.15, -0.1) is 0 Å². The summed E-state index contributed by atoms with van der Waals surface area (Å²) in [5.74, 6) is 0.0893. The Morgan fingerprint density at radius 2 is 1.80 bits per heavy atom. The zero-order valence-electron chi connectivity index (χ0n) is 20.8. The summed E-state index contributed by atoms with van der Waals surface area (Å²) in [6, 6.07) is 13.4. The maximum atomic E-state index is 13.1. The van der Waals surface area contributed by atoms with Gasteiger partial charge >= 0.3 is 19.2 Å². The fraction of sp³-hybridized carbons (Fsp3) is 0.400. The van der Waals surface area contributed by atoms with Crippen molar-refractivity contribution in [1.82, 2.24) is 14.5 Å². The molecule has 0 spiro atoms. The fourth-order valence-corrected chi connectivity index (χ4v) is 3.85. The first-order valence-corrected chi connectivity index (χ1v) is 11.5. The number of carbonyl (C=O) groups is 2. The predicted octanol–water partition coefficient (Wildman–Crippen LogP) is 2.39. The second-order valence-electron chi connectivity index (χ2n) is 9.39. The Morgan fingerprint density at radius 3 is 2.43 bits per heavy atom. The number of carbonyl (C=O) groups excluding carboxylic acids is 2. The van der Waals surface area contributed by atoms with Crippen molar-refractivity contribution in [2.24, 2.45) is 0 Å². The maximum absolute atomic E-state index is 13.1. The molecule has 0 bridgehead atoms. The molecule has 2 N–H and O–H groups in total. The largest absolute Gasteiger partial charge is 0.490 e. The highest BCUT2D eigenvalue weighted by molar-refractivity contribution is 6.61. The van der Waals surface area contributed by atoms with E-state index in [0.29, 0.717) is 22.3 Å². The van der Waals surface area contributed by atoms with Gasteiger partial charge in [-0.2, -0.15) is 0 Å². The number of ether oxygens (including phenoxy) is 2. The molecule has 0 radical (unpaired) electrons. The maximum Gasteiger partial charge on any atom is 0.490 e. The minimum absolute atomic E-state index is 0.0774. The van der Waals surface area contributed by atoms with Crippen LogP contribution in [0.4, 0.5) is 4.79 Å². The lowest BCUT2D eigenvalue weighted by Crippen LogP contribution is -2.46. The van der Waals surface area contributed by atoms with Crippen LogP contribution in [0.1, 0.15) is 38.6 Å². The number of esters is 1. The van der Waals surface area contributed by atoms with E-state index in [1.165, 1.54) is 11.9 Å². The minimum atomic E-state index is -1.68. The Hall–Kier alpha value is -3.37. The van der Waals surface area contributed by atoms with Crippen molar-refractivity contribution in [2.75, 3.05) is 7.05 Å². The Kier molecular flexibility index (Phi) is 8.19. The fourth-order valence-electron chi connectivity index (χ4n) is 3.85. The molecule has 35 heavy (non-hydrogen) atoms. The molecule has 0 saturated heterocycles. The Labute approximate surface area is 205 Å². The van der Waals surface area contributed by atoms with Crippen LogP contribution >= 0.6 is 0 Å². The van der Waals surface area contributed by atoms with Crippen LogP contribution in [0.3, 0.4) is 0 Å². The Balaban J connectivity index is 1.83. The van der Waals surface area contributed by atoms with E-state index >= 15 is 0 Å². The topological polar surface area (TPSA) is 114 Å². The Morgan fingerprint density at radius 1 is 1.11 bits per heavy atom. The van der Waals surface area contributed by atoms with E-state index in [9.17, 15) is 19.6 Å². The number of imidazole rings is 1. The van der Waals surface area contributed by atoms with Crippen molar-refractivity contribution in [2.45, 2.75) is 58.9 Å². The summed E-state index contributed by atoms with van der Waals surface area (Å²) in [5, 5.41) is 19.7. The normalized spacial score (nSPS) is 12.3. The van der Waals surface area contributed by atoms with Gasteiger partial charge in [-0.3, -0.25) is 4.90 Å². The van der Waals surface area contributed by atoms with Gasteiger partial charge < -0.3 is 24.1 Å². The molecule has 3 aromatic rings. The number of fused-ring (bicyclic) bond motifs is 1. The van der Waals surface area contributed by atoms with Crippen molar-refractivity contribution in [1.29, 1.82) is 0 Å². The van der Waals surface area contributed by atoms with E-state index < -0.39 is 30.8 Å². The number of aromatic nitrogens is 2. The quantitative estimate of drug-likeness (QED) is 0.375. The highest BCUT2D eigenvalue weighted by atomic mass is 16.6. The highest BCUT2D eigenvalue weighted by Crippen LogP contribution is 2.19. The first kappa shape index (κ1) is 26.2. The lowest BCUT2D eigenvalue weighted by Gasteiger charge is -2.29. The van der Waals surface area contributed by atoms with Crippen molar-refractivity contribution in [3.63, 3.8) is 0 Å².